The molecule has 2 rings (SSSR count). The maximum atomic E-state index is 11.6. The van der Waals surface area contributed by atoms with E-state index in [0.717, 1.165) is 24.0 Å². The van der Waals surface area contributed by atoms with Crippen LogP contribution in [0.4, 0.5) is 0 Å². The summed E-state index contributed by atoms with van der Waals surface area (Å²) < 4.78 is 5.64. The molecule has 0 heterocycles. The zero-order valence-electron chi connectivity index (χ0n) is 17.0. The molecule has 0 aromatic carbocycles. The van der Waals surface area contributed by atoms with Crippen LogP contribution in [0.1, 0.15) is 66.7 Å². The molecule has 0 spiro atoms. The molecule has 0 aromatic rings. The third kappa shape index (κ3) is 4.07. The first-order valence-corrected chi connectivity index (χ1v) is 9.84. The molecule has 0 aliphatic heterocycles. The van der Waals surface area contributed by atoms with E-state index in [4.69, 9.17) is 9.84 Å². The van der Waals surface area contributed by atoms with E-state index in [2.05, 4.69) is 27.4 Å². The number of ether oxygens (including phenoxy) is 1. The standard InChI is InChI=1S/C22H36O4/c1-14(8-11-23)18(25)12-17-15(2)19(26-16(3)24)13-20-21(4,5)9-7-10-22(17,20)6/h8,17-20,23,25H,2,7,9-13H2,1,3-6H3/b14-8+/t17-,18+,19+,20-,22+/m0/s1. The molecule has 26 heavy (non-hydrogen) atoms. The van der Waals surface area contributed by atoms with Gasteiger partial charge in [-0.3, -0.25) is 4.79 Å². The van der Waals surface area contributed by atoms with E-state index in [1.54, 1.807) is 6.08 Å². The summed E-state index contributed by atoms with van der Waals surface area (Å²) in [5.41, 5.74) is 1.93. The SMILES string of the molecule is C=C1[C@H](OC(C)=O)C[C@H]2C(C)(C)CCC[C@]2(C)[C@H]1C[C@@H](O)/C(C)=C/CO. The molecule has 2 N–H and O–H groups in total. The highest BCUT2D eigenvalue weighted by Crippen LogP contribution is 2.62. The molecule has 2 fully saturated rings. The van der Waals surface area contributed by atoms with E-state index in [-0.39, 0.29) is 35.4 Å². The number of hydrogen-bond donors (Lipinski definition) is 2. The number of fused-ring (bicyclic) bond motifs is 1. The first kappa shape index (κ1) is 21.2. The fourth-order valence-corrected chi connectivity index (χ4v) is 5.62. The molecule has 4 nitrogen and oxygen atoms in total. The highest BCUT2D eigenvalue weighted by molar-refractivity contribution is 5.66. The Labute approximate surface area is 158 Å². The molecular formula is C22H36O4. The fourth-order valence-electron chi connectivity index (χ4n) is 5.62. The minimum absolute atomic E-state index is 0.0377. The van der Waals surface area contributed by atoms with E-state index < -0.39 is 6.10 Å². The summed E-state index contributed by atoms with van der Waals surface area (Å²) >= 11 is 0. The van der Waals surface area contributed by atoms with Crippen LogP contribution >= 0.6 is 0 Å². The van der Waals surface area contributed by atoms with Crippen molar-refractivity contribution < 1.29 is 19.7 Å². The van der Waals surface area contributed by atoms with Gasteiger partial charge in [0.25, 0.3) is 0 Å². The second kappa shape index (κ2) is 7.85. The Kier molecular flexibility index (Phi) is 6.40. The van der Waals surface area contributed by atoms with Crippen molar-refractivity contribution in [3.63, 3.8) is 0 Å². The van der Waals surface area contributed by atoms with E-state index >= 15 is 0 Å². The van der Waals surface area contributed by atoms with Crippen LogP contribution in [0.2, 0.25) is 0 Å². The first-order chi connectivity index (χ1) is 12.0. The van der Waals surface area contributed by atoms with Crippen molar-refractivity contribution in [1.82, 2.24) is 0 Å². The summed E-state index contributed by atoms with van der Waals surface area (Å²) in [7, 11) is 0. The molecule has 5 atom stereocenters. The van der Waals surface area contributed by atoms with Gasteiger partial charge in [0.1, 0.15) is 6.10 Å². The zero-order valence-corrected chi connectivity index (χ0v) is 17.0. The van der Waals surface area contributed by atoms with Crippen molar-refractivity contribution in [3.05, 3.63) is 23.8 Å². The minimum Gasteiger partial charge on any atom is -0.458 e. The van der Waals surface area contributed by atoms with E-state index in [9.17, 15) is 9.90 Å². The van der Waals surface area contributed by atoms with Gasteiger partial charge in [-0.2, -0.15) is 0 Å². The Bertz CT molecular complexity index is 577. The van der Waals surface area contributed by atoms with Gasteiger partial charge in [-0.1, -0.05) is 39.8 Å². The summed E-state index contributed by atoms with van der Waals surface area (Å²) in [4.78, 5) is 11.6. The minimum atomic E-state index is -0.623. The Balaban J connectivity index is 2.38. The van der Waals surface area contributed by atoms with Crippen molar-refractivity contribution in [1.29, 1.82) is 0 Å². The maximum absolute atomic E-state index is 11.6. The molecular weight excluding hydrogens is 328 g/mol. The molecule has 0 bridgehead atoms. The molecule has 0 radical (unpaired) electrons. The molecule has 0 aromatic heterocycles. The number of rotatable bonds is 5. The molecule has 148 valence electrons. The van der Waals surface area contributed by atoms with Crippen LogP contribution in [-0.2, 0) is 9.53 Å². The molecule has 0 unspecified atom stereocenters. The van der Waals surface area contributed by atoms with Gasteiger partial charge in [-0.15, -0.1) is 0 Å². The lowest BCUT2D eigenvalue weighted by atomic mass is 9.46. The van der Waals surface area contributed by atoms with Crippen molar-refractivity contribution in [2.45, 2.75) is 78.9 Å². The van der Waals surface area contributed by atoms with Crippen LogP contribution in [-0.4, -0.2) is 35.0 Å². The highest BCUT2D eigenvalue weighted by Gasteiger charge is 2.56. The smallest absolute Gasteiger partial charge is 0.303 e. The summed E-state index contributed by atoms with van der Waals surface area (Å²) in [5, 5.41) is 19.8. The second-order valence-corrected chi connectivity index (χ2v) is 9.24. The number of hydrogen-bond acceptors (Lipinski definition) is 4. The van der Waals surface area contributed by atoms with Crippen LogP contribution in [0.25, 0.3) is 0 Å². The van der Waals surface area contributed by atoms with Gasteiger partial charge in [0.2, 0.25) is 0 Å². The lowest BCUT2D eigenvalue weighted by Crippen LogP contribution is -2.54. The first-order valence-electron chi connectivity index (χ1n) is 9.84. The van der Waals surface area contributed by atoms with Gasteiger partial charge in [0, 0.05) is 6.92 Å². The van der Waals surface area contributed by atoms with Crippen LogP contribution in [0, 0.1) is 22.7 Å². The molecule has 2 aliphatic rings. The number of carbonyl (C=O) groups excluding carboxylic acids is 1. The second-order valence-electron chi connectivity index (χ2n) is 9.24. The summed E-state index contributed by atoms with van der Waals surface area (Å²) in [6.07, 6.45) is 5.58. The Hall–Kier alpha value is -1.13. The third-order valence-corrected chi connectivity index (χ3v) is 7.09. The predicted octanol–water partition coefficient (Wildman–Crippen LogP) is 4.02. The van der Waals surface area contributed by atoms with Crippen molar-refractivity contribution in [2.24, 2.45) is 22.7 Å². The van der Waals surface area contributed by atoms with E-state index in [0.29, 0.717) is 12.3 Å². The number of aliphatic hydroxyl groups is 2. The number of carbonyl (C=O) groups is 1. The average Bonchev–Trinajstić information content (AvgIpc) is 2.52. The average molecular weight is 365 g/mol. The summed E-state index contributed by atoms with van der Waals surface area (Å²) in [6.45, 7) is 14.5. The largest absolute Gasteiger partial charge is 0.458 e. The van der Waals surface area contributed by atoms with Crippen LogP contribution in [0.3, 0.4) is 0 Å². The highest BCUT2D eigenvalue weighted by atomic mass is 16.5. The van der Waals surface area contributed by atoms with Gasteiger partial charge >= 0.3 is 5.97 Å². The topological polar surface area (TPSA) is 66.8 Å². The summed E-state index contributed by atoms with van der Waals surface area (Å²) in [5.74, 6) is 0.226. The van der Waals surface area contributed by atoms with Crippen molar-refractivity contribution in [2.75, 3.05) is 6.61 Å². The fraction of sp³-hybridized carbons (Fsp3) is 0.773. The lowest BCUT2D eigenvalue weighted by molar-refractivity contribution is -0.154. The van der Waals surface area contributed by atoms with Crippen LogP contribution < -0.4 is 0 Å². The lowest BCUT2D eigenvalue weighted by Gasteiger charge is -2.59. The molecule has 4 heteroatoms. The summed E-state index contributed by atoms with van der Waals surface area (Å²) in [6, 6.07) is 0. The van der Waals surface area contributed by atoms with Crippen LogP contribution in [0.15, 0.2) is 23.8 Å². The molecule has 0 amide bonds. The van der Waals surface area contributed by atoms with E-state index in [1.165, 1.54) is 19.8 Å². The Morgan fingerprint density at radius 3 is 2.58 bits per heavy atom. The maximum Gasteiger partial charge on any atom is 0.303 e. The van der Waals surface area contributed by atoms with Gasteiger partial charge < -0.3 is 14.9 Å². The molecule has 2 saturated carbocycles. The predicted molar refractivity (Wildman–Crippen MR) is 103 cm³/mol. The van der Waals surface area contributed by atoms with Gasteiger partial charge in [0.15, 0.2) is 0 Å². The van der Waals surface area contributed by atoms with Crippen molar-refractivity contribution in [3.8, 4) is 0 Å². The van der Waals surface area contributed by atoms with Gasteiger partial charge in [-0.05, 0) is 66.4 Å². The van der Waals surface area contributed by atoms with Gasteiger partial charge in [-0.25, -0.2) is 0 Å². The van der Waals surface area contributed by atoms with Crippen molar-refractivity contribution >= 4 is 5.97 Å². The number of aliphatic hydroxyl groups excluding tert-OH is 2. The zero-order chi connectivity index (χ0) is 19.7. The molecule has 0 saturated heterocycles. The quantitative estimate of drug-likeness (QED) is 0.571. The van der Waals surface area contributed by atoms with Gasteiger partial charge in [0.05, 0.1) is 12.7 Å². The molecule has 2 aliphatic carbocycles. The van der Waals surface area contributed by atoms with E-state index in [1.807, 2.05) is 6.92 Å². The van der Waals surface area contributed by atoms with Crippen LogP contribution in [0.5, 0.6) is 0 Å². The number of esters is 1. The Morgan fingerprint density at radius 1 is 1.35 bits per heavy atom. The Morgan fingerprint density at radius 2 is 2.00 bits per heavy atom. The third-order valence-electron chi connectivity index (χ3n) is 7.09. The normalized spacial score (nSPS) is 35.6. The monoisotopic (exact) mass is 364 g/mol.